The second-order valence-corrected chi connectivity index (χ2v) is 11.9. The van der Waals surface area contributed by atoms with Crippen LogP contribution in [0.1, 0.15) is 47.4 Å². The van der Waals surface area contributed by atoms with Crippen molar-refractivity contribution >= 4 is 46.4 Å². The third kappa shape index (κ3) is 5.22. The van der Waals surface area contributed by atoms with Gasteiger partial charge in [0.25, 0.3) is 0 Å². The van der Waals surface area contributed by atoms with Gasteiger partial charge in [-0.25, -0.2) is 0 Å². The number of aryl methyl sites for hydroxylation is 2. The Hall–Kier alpha value is -3.37. The number of Topliss-reactive ketones (excluding diaryl/α,β-unsaturated/α-hetero) is 1. The van der Waals surface area contributed by atoms with Crippen LogP contribution in [-0.2, 0) is 10.5 Å². The Morgan fingerprint density at radius 1 is 1.07 bits per heavy atom. The first-order valence-corrected chi connectivity index (χ1v) is 14.8. The number of nitriles is 1. The van der Waals surface area contributed by atoms with Crippen molar-refractivity contribution < 1.29 is 9.53 Å². The second-order valence-electron chi connectivity index (χ2n) is 10.0. The quantitative estimate of drug-likeness (QED) is 0.292. The van der Waals surface area contributed by atoms with Crippen molar-refractivity contribution in [2.75, 3.05) is 12.0 Å². The van der Waals surface area contributed by atoms with Crippen LogP contribution in [0, 0.1) is 25.2 Å². The highest BCUT2D eigenvalue weighted by molar-refractivity contribution is 7.98. The van der Waals surface area contributed by atoms with Gasteiger partial charge in [0, 0.05) is 39.0 Å². The molecule has 0 aromatic heterocycles. The zero-order valence-corrected chi connectivity index (χ0v) is 24.9. The molecule has 0 amide bonds. The van der Waals surface area contributed by atoms with E-state index in [-0.39, 0.29) is 5.78 Å². The van der Waals surface area contributed by atoms with E-state index in [1.165, 1.54) is 0 Å². The van der Waals surface area contributed by atoms with Crippen LogP contribution in [0.25, 0.3) is 0 Å². The number of carbonyl (C=O) groups is 1. The molecule has 40 heavy (non-hydrogen) atoms. The summed E-state index contributed by atoms with van der Waals surface area (Å²) >= 11 is 14.2. The summed E-state index contributed by atoms with van der Waals surface area (Å²) in [6.45, 7) is 4.10. The van der Waals surface area contributed by atoms with Gasteiger partial charge >= 0.3 is 0 Å². The van der Waals surface area contributed by atoms with E-state index in [1.54, 1.807) is 31.0 Å². The number of nitrogens with two attached hydrogens (primary N) is 1. The lowest BCUT2D eigenvalue weighted by atomic mass is 9.74. The van der Waals surface area contributed by atoms with E-state index in [4.69, 9.17) is 33.7 Å². The molecule has 2 aliphatic rings. The molecule has 5 nitrogen and oxygen atoms in total. The lowest BCUT2D eigenvalue weighted by Crippen LogP contribution is -2.38. The van der Waals surface area contributed by atoms with Gasteiger partial charge in [-0.2, -0.15) is 5.26 Å². The van der Waals surface area contributed by atoms with Crippen LogP contribution < -0.4 is 15.4 Å². The van der Waals surface area contributed by atoms with Gasteiger partial charge in [0.2, 0.25) is 0 Å². The van der Waals surface area contributed by atoms with Crippen molar-refractivity contribution in [3.63, 3.8) is 0 Å². The fraction of sp³-hybridized carbons (Fsp3) is 0.250. The second kappa shape index (κ2) is 11.6. The number of halogens is 2. The summed E-state index contributed by atoms with van der Waals surface area (Å²) in [6.07, 6.45) is 1.89. The molecule has 5 rings (SSSR count). The molecular formula is C32H29Cl2N3O2S. The number of anilines is 1. The summed E-state index contributed by atoms with van der Waals surface area (Å²) < 4.78 is 5.32. The molecule has 0 saturated carbocycles. The number of nitrogens with zero attached hydrogens (tertiary/aromatic N) is 2. The zero-order valence-electron chi connectivity index (χ0n) is 22.6. The molecule has 0 spiro atoms. The first-order valence-electron chi connectivity index (χ1n) is 13.0. The number of ether oxygens (including phenoxy) is 1. The molecule has 2 N–H and O–H groups in total. The van der Waals surface area contributed by atoms with Gasteiger partial charge in [0.05, 0.1) is 29.7 Å². The Labute approximate surface area is 249 Å². The Bertz CT molecular complexity index is 1610. The van der Waals surface area contributed by atoms with Crippen LogP contribution in [0.3, 0.4) is 0 Å². The molecule has 0 saturated heterocycles. The fourth-order valence-electron chi connectivity index (χ4n) is 5.55. The van der Waals surface area contributed by atoms with Gasteiger partial charge in [-0.3, -0.25) is 9.69 Å². The highest BCUT2D eigenvalue weighted by Crippen LogP contribution is 2.47. The van der Waals surface area contributed by atoms with Crippen LogP contribution >= 0.6 is 35.0 Å². The monoisotopic (exact) mass is 589 g/mol. The number of rotatable bonds is 6. The maximum Gasteiger partial charge on any atom is 0.161 e. The number of ketones is 1. The SMILES string of the molecule is COc1ccc(N2C(N)=C(C#N)C(c3cc(CSc4cc(Cl)ccc4Cl)c(C)cc3C)C3=C2CCCC3=O)cc1. The molecule has 204 valence electrons. The summed E-state index contributed by atoms with van der Waals surface area (Å²) in [7, 11) is 1.61. The number of benzene rings is 3. The average molecular weight is 591 g/mol. The summed E-state index contributed by atoms with van der Waals surface area (Å²) in [5.74, 6) is 1.27. The Balaban J connectivity index is 1.61. The highest BCUT2D eigenvalue weighted by Gasteiger charge is 2.41. The maximum absolute atomic E-state index is 13.6. The standard InChI is InChI=1S/C32H29Cl2N3O2S/c1-18-13-19(2)24(14-20(18)17-40-29-15-21(33)7-12-26(29)34)30-25(16-35)32(36)37(22-8-10-23(39-3)11-9-22)27-5-4-6-28(38)31(27)30/h7-15,30H,4-6,17,36H2,1-3H3. The first kappa shape index (κ1) is 28.2. The van der Waals surface area contributed by atoms with Gasteiger partial charge in [-0.1, -0.05) is 35.3 Å². The minimum Gasteiger partial charge on any atom is -0.497 e. The predicted molar refractivity (Wildman–Crippen MR) is 163 cm³/mol. The van der Waals surface area contributed by atoms with E-state index in [0.717, 1.165) is 50.7 Å². The molecule has 1 atom stereocenters. The lowest BCUT2D eigenvalue weighted by Gasteiger charge is -2.40. The Morgan fingerprint density at radius 3 is 2.52 bits per heavy atom. The van der Waals surface area contributed by atoms with Crippen molar-refractivity contribution in [2.45, 2.75) is 49.7 Å². The predicted octanol–water partition coefficient (Wildman–Crippen LogP) is 8.22. The van der Waals surface area contributed by atoms with Crippen molar-refractivity contribution in [1.82, 2.24) is 0 Å². The van der Waals surface area contributed by atoms with E-state index < -0.39 is 5.92 Å². The van der Waals surface area contributed by atoms with Crippen LogP contribution in [0.5, 0.6) is 5.75 Å². The number of hydrogen-bond acceptors (Lipinski definition) is 6. The number of thioether (sulfide) groups is 1. The molecule has 0 bridgehead atoms. The van der Waals surface area contributed by atoms with Gasteiger partial charge in [-0.05, 0) is 91.4 Å². The van der Waals surface area contributed by atoms with Crippen molar-refractivity contribution in [2.24, 2.45) is 5.73 Å². The molecule has 1 aliphatic carbocycles. The minimum atomic E-state index is -0.526. The molecule has 3 aromatic rings. The number of hydrogen-bond donors (Lipinski definition) is 1. The molecule has 0 radical (unpaired) electrons. The van der Waals surface area contributed by atoms with E-state index in [9.17, 15) is 10.1 Å². The van der Waals surface area contributed by atoms with Crippen LogP contribution in [0.2, 0.25) is 10.0 Å². The molecular weight excluding hydrogens is 561 g/mol. The normalized spacial score (nSPS) is 17.1. The molecule has 8 heteroatoms. The van der Waals surface area contributed by atoms with Crippen LogP contribution in [0.4, 0.5) is 5.69 Å². The van der Waals surface area contributed by atoms with Crippen LogP contribution in [0.15, 0.2) is 82.2 Å². The maximum atomic E-state index is 13.6. The Kier molecular flexibility index (Phi) is 8.19. The summed E-state index contributed by atoms with van der Waals surface area (Å²) in [4.78, 5) is 16.4. The van der Waals surface area contributed by atoms with Gasteiger partial charge in [-0.15, -0.1) is 11.8 Å². The van der Waals surface area contributed by atoms with Crippen molar-refractivity contribution in [3.8, 4) is 11.8 Å². The number of methoxy groups -OCH3 is 1. The molecule has 1 heterocycles. The van der Waals surface area contributed by atoms with E-state index in [1.807, 2.05) is 42.2 Å². The van der Waals surface area contributed by atoms with Crippen molar-refractivity contribution in [3.05, 3.63) is 110 Å². The average Bonchev–Trinajstić information content (AvgIpc) is 2.94. The first-order chi connectivity index (χ1) is 19.2. The summed E-state index contributed by atoms with van der Waals surface area (Å²) in [5, 5.41) is 11.7. The molecule has 1 aliphatic heterocycles. The van der Waals surface area contributed by atoms with E-state index >= 15 is 0 Å². The number of allylic oxidation sites excluding steroid dienone is 3. The lowest BCUT2D eigenvalue weighted by molar-refractivity contribution is -0.116. The fourth-order valence-corrected chi connectivity index (χ4v) is 7.11. The van der Waals surface area contributed by atoms with Crippen LogP contribution in [-0.4, -0.2) is 12.9 Å². The van der Waals surface area contributed by atoms with Gasteiger partial charge in [0.15, 0.2) is 5.78 Å². The third-order valence-electron chi connectivity index (χ3n) is 7.56. The summed E-state index contributed by atoms with van der Waals surface area (Å²) in [6, 6.07) is 19.6. The molecule has 1 unspecified atom stereocenters. The van der Waals surface area contributed by atoms with E-state index in [2.05, 4.69) is 25.1 Å². The van der Waals surface area contributed by atoms with Gasteiger partial charge < -0.3 is 10.5 Å². The zero-order chi connectivity index (χ0) is 28.6. The Morgan fingerprint density at radius 2 is 1.82 bits per heavy atom. The molecule has 3 aromatic carbocycles. The third-order valence-corrected chi connectivity index (χ3v) is 9.34. The topological polar surface area (TPSA) is 79.3 Å². The van der Waals surface area contributed by atoms with Crippen molar-refractivity contribution in [1.29, 1.82) is 5.26 Å². The highest BCUT2D eigenvalue weighted by atomic mass is 35.5. The number of carbonyl (C=O) groups excluding carboxylic acids is 1. The van der Waals surface area contributed by atoms with Gasteiger partial charge in [0.1, 0.15) is 11.6 Å². The van der Waals surface area contributed by atoms with E-state index in [0.29, 0.717) is 45.6 Å². The summed E-state index contributed by atoms with van der Waals surface area (Å²) in [5.41, 5.74) is 13.6. The smallest absolute Gasteiger partial charge is 0.161 e. The molecule has 0 fully saturated rings. The largest absolute Gasteiger partial charge is 0.497 e. The minimum absolute atomic E-state index is 0.0617.